The fourth-order valence-corrected chi connectivity index (χ4v) is 3.61. The number of rotatable bonds is 2. The van der Waals surface area contributed by atoms with E-state index < -0.39 is 14.0 Å². The third-order valence-corrected chi connectivity index (χ3v) is 4.74. The zero-order valence-corrected chi connectivity index (χ0v) is 12.4. The molecule has 0 atom stereocenters. The SMILES string of the molecule is CB(O)C1=Cc2ccc3c4c(ccc(c24)C1)C=C(B(O)O)C3. The first kappa shape index (κ1) is 13.8. The summed E-state index contributed by atoms with van der Waals surface area (Å²) in [7, 11) is -1.41. The Labute approximate surface area is 129 Å². The van der Waals surface area contributed by atoms with Crippen LogP contribution in [0.1, 0.15) is 22.3 Å². The Kier molecular flexibility index (Phi) is 3.05. The summed E-state index contributed by atoms with van der Waals surface area (Å²) in [6.07, 6.45) is 5.30. The Bertz CT molecular complexity index is 779. The Morgan fingerprint density at radius 3 is 1.77 bits per heavy atom. The highest BCUT2D eigenvalue weighted by atomic mass is 16.4. The van der Waals surface area contributed by atoms with Crippen LogP contribution in [-0.4, -0.2) is 29.1 Å². The van der Waals surface area contributed by atoms with E-state index in [1.165, 1.54) is 16.3 Å². The molecule has 4 rings (SSSR count). The lowest BCUT2D eigenvalue weighted by molar-refractivity contribution is 0.418. The lowest BCUT2D eigenvalue weighted by Crippen LogP contribution is -2.20. The van der Waals surface area contributed by atoms with Gasteiger partial charge in [0.2, 0.25) is 0 Å². The van der Waals surface area contributed by atoms with Crippen LogP contribution in [0.15, 0.2) is 35.2 Å². The van der Waals surface area contributed by atoms with Gasteiger partial charge >= 0.3 is 14.0 Å². The van der Waals surface area contributed by atoms with Gasteiger partial charge < -0.3 is 15.1 Å². The summed E-state index contributed by atoms with van der Waals surface area (Å²) < 4.78 is 0. The molecule has 2 aliphatic rings. The predicted octanol–water partition coefficient (Wildman–Crippen LogP) is 1.88. The molecule has 0 bridgehead atoms. The predicted molar refractivity (Wildman–Crippen MR) is 91.3 cm³/mol. The molecule has 2 aromatic carbocycles. The highest BCUT2D eigenvalue weighted by Gasteiger charge is 2.25. The Morgan fingerprint density at radius 1 is 0.773 bits per heavy atom. The molecule has 2 aromatic rings. The highest BCUT2D eigenvalue weighted by Crippen LogP contribution is 2.39. The summed E-state index contributed by atoms with van der Waals surface area (Å²) in [5.74, 6) is 0. The molecule has 0 amide bonds. The van der Waals surface area contributed by atoms with Crippen molar-refractivity contribution in [3.05, 3.63) is 57.5 Å². The lowest BCUT2D eigenvalue weighted by Gasteiger charge is -2.24. The van der Waals surface area contributed by atoms with Crippen LogP contribution in [0.3, 0.4) is 0 Å². The molecule has 3 nitrogen and oxygen atoms in total. The van der Waals surface area contributed by atoms with Gasteiger partial charge in [0.05, 0.1) is 0 Å². The van der Waals surface area contributed by atoms with Crippen LogP contribution in [0.5, 0.6) is 0 Å². The number of hydrogen-bond donors (Lipinski definition) is 3. The smallest absolute Gasteiger partial charge is 0.447 e. The van der Waals surface area contributed by atoms with Gasteiger partial charge in [-0.1, -0.05) is 48.7 Å². The van der Waals surface area contributed by atoms with E-state index in [0.717, 1.165) is 28.6 Å². The van der Waals surface area contributed by atoms with Gasteiger partial charge in [0, 0.05) is 0 Å². The largest absolute Gasteiger partial charge is 0.484 e. The van der Waals surface area contributed by atoms with Crippen molar-refractivity contribution in [3.63, 3.8) is 0 Å². The molecule has 3 N–H and O–H groups in total. The molecule has 0 spiro atoms. The fraction of sp³-hybridized carbons (Fsp3) is 0.176. The van der Waals surface area contributed by atoms with Crippen molar-refractivity contribution in [2.75, 3.05) is 0 Å². The summed E-state index contributed by atoms with van der Waals surface area (Å²) in [6, 6.07) is 8.25. The van der Waals surface area contributed by atoms with Gasteiger partial charge in [0.1, 0.15) is 0 Å². The van der Waals surface area contributed by atoms with Gasteiger partial charge in [0.15, 0.2) is 0 Å². The Balaban J connectivity index is 2.00. The molecule has 2 aliphatic carbocycles. The van der Waals surface area contributed by atoms with Crippen LogP contribution in [0.2, 0.25) is 6.82 Å². The van der Waals surface area contributed by atoms with Crippen molar-refractivity contribution in [2.45, 2.75) is 19.7 Å². The van der Waals surface area contributed by atoms with Crippen LogP contribution >= 0.6 is 0 Å². The molecule has 0 saturated heterocycles. The van der Waals surface area contributed by atoms with E-state index in [1.54, 1.807) is 6.82 Å². The average Bonchev–Trinajstić information content (AvgIpc) is 2.51. The van der Waals surface area contributed by atoms with Crippen molar-refractivity contribution in [1.82, 2.24) is 0 Å². The van der Waals surface area contributed by atoms with E-state index in [-0.39, 0.29) is 0 Å². The van der Waals surface area contributed by atoms with Gasteiger partial charge in [-0.05, 0) is 51.3 Å². The Morgan fingerprint density at radius 2 is 1.27 bits per heavy atom. The van der Waals surface area contributed by atoms with Crippen molar-refractivity contribution >= 4 is 37.0 Å². The summed E-state index contributed by atoms with van der Waals surface area (Å²) in [6.45, 7) is 1.36. The summed E-state index contributed by atoms with van der Waals surface area (Å²) in [5, 5.41) is 31.3. The van der Waals surface area contributed by atoms with Crippen molar-refractivity contribution in [3.8, 4) is 0 Å². The van der Waals surface area contributed by atoms with E-state index in [0.29, 0.717) is 11.9 Å². The molecule has 0 radical (unpaired) electrons. The summed E-state index contributed by atoms with van der Waals surface area (Å²) in [4.78, 5) is 0. The van der Waals surface area contributed by atoms with Gasteiger partial charge in [-0.3, -0.25) is 0 Å². The van der Waals surface area contributed by atoms with Gasteiger partial charge in [-0.25, -0.2) is 0 Å². The summed E-state index contributed by atoms with van der Waals surface area (Å²) in [5.41, 5.74) is 6.21. The minimum absolute atomic E-state index is 0.438. The van der Waals surface area contributed by atoms with E-state index in [9.17, 15) is 15.1 Å². The summed E-state index contributed by atoms with van der Waals surface area (Å²) >= 11 is 0. The van der Waals surface area contributed by atoms with Gasteiger partial charge in [-0.15, -0.1) is 0 Å². The average molecular weight is 290 g/mol. The fourth-order valence-electron chi connectivity index (χ4n) is 3.61. The maximum atomic E-state index is 9.89. The maximum absolute atomic E-state index is 9.89. The van der Waals surface area contributed by atoms with Gasteiger partial charge in [0.25, 0.3) is 0 Å². The minimum atomic E-state index is -1.41. The molecule has 0 saturated carbocycles. The first-order valence-corrected chi connectivity index (χ1v) is 7.57. The maximum Gasteiger partial charge on any atom is 0.484 e. The molecular weight excluding hydrogens is 274 g/mol. The zero-order chi connectivity index (χ0) is 15.4. The molecule has 0 aromatic heterocycles. The first-order valence-electron chi connectivity index (χ1n) is 7.57. The standard InChI is InChI=1S/C17H16B2O3/c1-18(20)14-6-10-2-4-12-8-15(19(21)22)9-13-5-3-11(7-14)16(10)17(12)13/h2-6,9,20-22H,7-8H2,1H3. The normalized spacial score (nSPS) is 15.5. The van der Waals surface area contributed by atoms with Gasteiger partial charge in [-0.2, -0.15) is 0 Å². The van der Waals surface area contributed by atoms with Crippen molar-refractivity contribution < 1.29 is 15.1 Å². The molecular formula is C17H16B2O3. The molecule has 0 heterocycles. The topological polar surface area (TPSA) is 60.7 Å². The van der Waals surface area contributed by atoms with Crippen LogP contribution in [-0.2, 0) is 12.8 Å². The quantitative estimate of drug-likeness (QED) is 0.740. The van der Waals surface area contributed by atoms with E-state index in [4.69, 9.17) is 0 Å². The third kappa shape index (κ3) is 1.97. The number of benzene rings is 2. The highest BCUT2D eigenvalue weighted by molar-refractivity contribution is 6.58. The van der Waals surface area contributed by atoms with Crippen molar-refractivity contribution in [2.24, 2.45) is 0 Å². The monoisotopic (exact) mass is 290 g/mol. The van der Waals surface area contributed by atoms with Crippen LogP contribution in [0.4, 0.5) is 0 Å². The van der Waals surface area contributed by atoms with Crippen molar-refractivity contribution in [1.29, 1.82) is 0 Å². The van der Waals surface area contributed by atoms with E-state index in [1.807, 2.05) is 12.1 Å². The van der Waals surface area contributed by atoms with E-state index >= 15 is 0 Å². The second-order valence-corrected chi connectivity index (χ2v) is 6.22. The van der Waals surface area contributed by atoms with Crippen LogP contribution < -0.4 is 0 Å². The van der Waals surface area contributed by atoms with Crippen LogP contribution in [0.25, 0.3) is 22.9 Å². The third-order valence-electron chi connectivity index (χ3n) is 4.74. The zero-order valence-electron chi connectivity index (χ0n) is 12.4. The first-order chi connectivity index (χ1) is 10.5. The Hall–Kier alpha value is -1.81. The molecule has 22 heavy (non-hydrogen) atoms. The second kappa shape index (κ2) is 4.85. The number of allylic oxidation sites excluding steroid dienone is 2. The lowest BCUT2D eigenvalue weighted by atomic mass is 9.59. The van der Waals surface area contributed by atoms with E-state index in [2.05, 4.69) is 24.3 Å². The molecule has 0 unspecified atom stereocenters. The second-order valence-electron chi connectivity index (χ2n) is 6.22. The van der Waals surface area contributed by atoms with Crippen LogP contribution in [0, 0.1) is 0 Å². The molecule has 0 aliphatic heterocycles. The molecule has 0 fully saturated rings. The molecule has 108 valence electrons. The number of hydrogen-bond acceptors (Lipinski definition) is 3. The molecule has 5 heteroatoms. The minimum Gasteiger partial charge on any atom is -0.447 e.